The molecule has 0 aliphatic heterocycles. The minimum Gasteiger partial charge on any atom is -0.469 e. The van der Waals surface area contributed by atoms with Crippen LogP contribution in [0.3, 0.4) is 0 Å². The number of allylic oxidation sites excluding steroid dienone is 1. The Labute approximate surface area is 87.7 Å². The van der Waals surface area contributed by atoms with Gasteiger partial charge in [-0.1, -0.05) is 13.0 Å². The number of carbonyl (C=O) groups excluding carboxylic acids is 1. The Balaban J connectivity index is 2.75. The topological polar surface area (TPSA) is 72.8 Å². The Morgan fingerprint density at radius 1 is 1.40 bits per heavy atom. The van der Waals surface area contributed by atoms with Crippen molar-refractivity contribution < 1.29 is 24.2 Å². The molecular formula is C10H14O5. The summed E-state index contributed by atoms with van der Waals surface area (Å²) in [6.07, 6.45) is 1.87. The highest BCUT2D eigenvalue weighted by atomic mass is 16.7. The molecule has 0 amide bonds. The van der Waals surface area contributed by atoms with Crippen molar-refractivity contribution in [2.75, 3.05) is 7.11 Å². The van der Waals surface area contributed by atoms with Gasteiger partial charge in [-0.05, 0) is 18.4 Å². The predicted molar refractivity (Wildman–Crippen MR) is 51.3 cm³/mol. The molecule has 1 N–H and O–H groups in total. The number of esters is 1. The third kappa shape index (κ3) is 2.97. The van der Waals surface area contributed by atoms with Crippen LogP contribution in [0, 0.1) is 11.8 Å². The van der Waals surface area contributed by atoms with Crippen molar-refractivity contribution in [3.8, 4) is 0 Å². The van der Waals surface area contributed by atoms with Gasteiger partial charge in [0, 0.05) is 0 Å². The molecule has 0 saturated heterocycles. The summed E-state index contributed by atoms with van der Waals surface area (Å²) < 4.78 is 9.21. The van der Waals surface area contributed by atoms with Crippen molar-refractivity contribution >= 4 is 12.1 Å². The van der Waals surface area contributed by atoms with E-state index in [1.54, 1.807) is 6.08 Å². The maximum absolute atomic E-state index is 11.4. The van der Waals surface area contributed by atoms with E-state index in [1.165, 1.54) is 7.11 Å². The van der Waals surface area contributed by atoms with E-state index in [9.17, 15) is 9.59 Å². The molecule has 1 aliphatic carbocycles. The lowest BCUT2D eigenvalue weighted by atomic mass is 9.85. The fourth-order valence-electron chi connectivity index (χ4n) is 1.67. The van der Waals surface area contributed by atoms with E-state index in [0.717, 1.165) is 0 Å². The van der Waals surface area contributed by atoms with E-state index in [1.807, 2.05) is 13.0 Å². The number of carboxylic acid groups (broad SMARTS) is 1. The van der Waals surface area contributed by atoms with Crippen LogP contribution in [-0.4, -0.2) is 30.4 Å². The predicted octanol–water partition coefficient (Wildman–Crippen LogP) is 1.43. The third-order valence-corrected chi connectivity index (χ3v) is 2.39. The lowest BCUT2D eigenvalue weighted by molar-refractivity contribution is -0.149. The van der Waals surface area contributed by atoms with Gasteiger partial charge in [-0.25, -0.2) is 4.79 Å². The van der Waals surface area contributed by atoms with Crippen molar-refractivity contribution in [3.05, 3.63) is 12.2 Å². The van der Waals surface area contributed by atoms with E-state index in [-0.39, 0.29) is 5.92 Å². The number of rotatable bonds is 2. The van der Waals surface area contributed by atoms with Crippen molar-refractivity contribution in [2.45, 2.75) is 19.4 Å². The first-order chi connectivity index (χ1) is 7.04. The molecule has 0 fully saturated rings. The van der Waals surface area contributed by atoms with E-state index in [2.05, 4.69) is 9.47 Å². The molecule has 84 valence electrons. The highest BCUT2D eigenvalue weighted by molar-refractivity contribution is 5.74. The standard InChI is InChI=1S/C10H14O5/c1-6-3-4-8(15-10(12)13)7(5-6)9(11)14-2/h3-4,6-8H,5H2,1-2H3,(H,12,13). The second-order valence-corrected chi connectivity index (χ2v) is 3.58. The van der Waals surface area contributed by atoms with Crippen molar-refractivity contribution in [1.82, 2.24) is 0 Å². The molecule has 1 rings (SSSR count). The third-order valence-electron chi connectivity index (χ3n) is 2.39. The Kier molecular flexibility index (Phi) is 3.71. The molecule has 0 aromatic heterocycles. The van der Waals surface area contributed by atoms with Crippen LogP contribution in [0.4, 0.5) is 4.79 Å². The molecule has 1 aliphatic rings. The summed E-state index contributed by atoms with van der Waals surface area (Å²) in [4.78, 5) is 21.8. The van der Waals surface area contributed by atoms with E-state index >= 15 is 0 Å². The van der Waals surface area contributed by atoms with Gasteiger partial charge in [0.2, 0.25) is 0 Å². The number of methoxy groups -OCH3 is 1. The van der Waals surface area contributed by atoms with Crippen LogP contribution in [0.5, 0.6) is 0 Å². The van der Waals surface area contributed by atoms with Crippen LogP contribution in [0.15, 0.2) is 12.2 Å². The first-order valence-corrected chi connectivity index (χ1v) is 4.70. The van der Waals surface area contributed by atoms with Crippen molar-refractivity contribution in [1.29, 1.82) is 0 Å². The van der Waals surface area contributed by atoms with Gasteiger partial charge in [-0.3, -0.25) is 4.79 Å². The molecule has 5 nitrogen and oxygen atoms in total. The van der Waals surface area contributed by atoms with E-state index in [4.69, 9.17) is 5.11 Å². The molecule has 15 heavy (non-hydrogen) atoms. The van der Waals surface area contributed by atoms with Gasteiger partial charge in [0.25, 0.3) is 0 Å². The van der Waals surface area contributed by atoms with Crippen LogP contribution in [0.25, 0.3) is 0 Å². The van der Waals surface area contributed by atoms with Crippen molar-refractivity contribution in [2.24, 2.45) is 11.8 Å². The average molecular weight is 214 g/mol. The number of hydrogen-bond donors (Lipinski definition) is 1. The van der Waals surface area contributed by atoms with Gasteiger partial charge >= 0.3 is 12.1 Å². The van der Waals surface area contributed by atoms with Gasteiger partial charge in [0.05, 0.1) is 13.0 Å². The van der Waals surface area contributed by atoms with E-state index < -0.39 is 24.1 Å². The van der Waals surface area contributed by atoms with E-state index in [0.29, 0.717) is 6.42 Å². The summed E-state index contributed by atoms with van der Waals surface area (Å²) in [5, 5.41) is 8.50. The molecule has 0 aromatic carbocycles. The summed E-state index contributed by atoms with van der Waals surface area (Å²) in [6, 6.07) is 0. The minimum atomic E-state index is -1.38. The average Bonchev–Trinajstić information content (AvgIpc) is 2.19. The van der Waals surface area contributed by atoms with Crippen molar-refractivity contribution in [3.63, 3.8) is 0 Å². The van der Waals surface area contributed by atoms with Gasteiger partial charge < -0.3 is 14.6 Å². The highest BCUT2D eigenvalue weighted by Crippen LogP contribution is 2.26. The monoisotopic (exact) mass is 214 g/mol. The Morgan fingerprint density at radius 3 is 2.60 bits per heavy atom. The quantitative estimate of drug-likeness (QED) is 0.556. The fourth-order valence-corrected chi connectivity index (χ4v) is 1.67. The van der Waals surface area contributed by atoms with Crippen LogP contribution in [0.2, 0.25) is 0 Å². The lowest BCUT2D eigenvalue weighted by Gasteiger charge is -2.27. The molecule has 0 heterocycles. The number of hydrogen-bond acceptors (Lipinski definition) is 4. The summed E-state index contributed by atoms with van der Waals surface area (Å²) in [6.45, 7) is 1.95. The first kappa shape index (κ1) is 11.6. The lowest BCUT2D eigenvalue weighted by Crippen LogP contribution is -2.35. The molecule has 0 aromatic rings. The molecule has 0 bridgehead atoms. The molecular weight excluding hydrogens is 200 g/mol. The van der Waals surface area contributed by atoms with Crippen LogP contribution in [0.1, 0.15) is 13.3 Å². The molecule has 3 unspecified atom stereocenters. The van der Waals surface area contributed by atoms with Gasteiger partial charge in [0.15, 0.2) is 0 Å². The largest absolute Gasteiger partial charge is 0.506 e. The zero-order chi connectivity index (χ0) is 11.4. The zero-order valence-electron chi connectivity index (χ0n) is 8.67. The minimum absolute atomic E-state index is 0.225. The Hall–Kier alpha value is -1.52. The highest BCUT2D eigenvalue weighted by Gasteiger charge is 2.34. The number of ether oxygens (including phenoxy) is 2. The van der Waals surface area contributed by atoms with Gasteiger partial charge in [0.1, 0.15) is 6.10 Å². The summed E-state index contributed by atoms with van der Waals surface area (Å²) in [7, 11) is 1.28. The Bertz CT molecular complexity index is 284. The summed E-state index contributed by atoms with van der Waals surface area (Å²) in [5.74, 6) is -0.744. The maximum atomic E-state index is 11.4. The molecule has 3 atom stereocenters. The summed E-state index contributed by atoms with van der Waals surface area (Å²) in [5.41, 5.74) is 0. The SMILES string of the molecule is COC(=O)C1CC(C)C=CC1OC(=O)O. The molecule has 0 spiro atoms. The smallest absolute Gasteiger partial charge is 0.469 e. The van der Waals surface area contributed by atoms with Crippen LogP contribution in [-0.2, 0) is 14.3 Å². The Morgan fingerprint density at radius 2 is 2.07 bits per heavy atom. The van der Waals surface area contributed by atoms with Gasteiger partial charge in [-0.15, -0.1) is 0 Å². The first-order valence-electron chi connectivity index (χ1n) is 4.70. The van der Waals surface area contributed by atoms with Crippen LogP contribution < -0.4 is 0 Å². The number of carbonyl (C=O) groups is 2. The van der Waals surface area contributed by atoms with Crippen LogP contribution >= 0.6 is 0 Å². The zero-order valence-corrected chi connectivity index (χ0v) is 8.67. The maximum Gasteiger partial charge on any atom is 0.506 e. The molecule has 0 radical (unpaired) electrons. The second-order valence-electron chi connectivity index (χ2n) is 3.58. The fraction of sp³-hybridized carbons (Fsp3) is 0.600. The second kappa shape index (κ2) is 4.82. The molecule has 5 heteroatoms. The van der Waals surface area contributed by atoms with Gasteiger partial charge in [-0.2, -0.15) is 0 Å². The molecule has 0 saturated carbocycles. The normalized spacial score (nSPS) is 29.6. The summed E-state index contributed by atoms with van der Waals surface area (Å²) >= 11 is 0.